The van der Waals surface area contributed by atoms with Crippen LogP contribution in [-0.2, 0) is 0 Å². The molecule has 4 rings (SSSR count). The van der Waals surface area contributed by atoms with Gasteiger partial charge in [0.15, 0.2) is 5.82 Å². The number of benzene rings is 1. The molecule has 2 fully saturated rings. The summed E-state index contributed by atoms with van der Waals surface area (Å²) in [6, 6.07) is 9.86. The molecule has 2 aromatic rings. The lowest BCUT2D eigenvalue weighted by atomic mass is 9.97. The van der Waals surface area contributed by atoms with Gasteiger partial charge in [0.25, 0.3) is 0 Å². The van der Waals surface area contributed by atoms with Gasteiger partial charge in [0.1, 0.15) is 11.6 Å². The Morgan fingerprint density at radius 3 is 2.89 bits per heavy atom. The first-order valence-corrected chi connectivity index (χ1v) is 9.73. The lowest BCUT2D eigenvalue weighted by molar-refractivity contribution is 0.171. The number of likely N-dealkylation sites (tertiary alicyclic amines) is 1. The van der Waals surface area contributed by atoms with Crippen molar-refractivity contribution in [1.29, 1.82) is 0 Å². The summed E-state index contributed by atoms with van der Waals surface area (Å²) in [5.41, 5.74) is 0.0849. The molecule has 1 aliphatic carbocycles. The Balaban J connectivity index is 1.26. The SMILES string of the molecule is Cc1nc([C@H]2CCCN(C(=O)NCC3(COc4ccccc4)CC3)C2)n[nH]1. The zero-order chi connectivity index (χ0) is 18.7. The molecule has 1 aromatic carbocycles. The van der Waals surface area contributed by atoms with Crippen LogP contribution in [0.1, 0.15) is 43.3 Å². The Morgan fingerprint density at radius 1 is 1.37 bits per heavy atom. The Morgan fingerprint density at radius 2 is 2.19 bits per heavy atom. The number of nitrogens with zero attached hydrogens (tertiary/aromatic N) is 3. The predicted molar refractivity (Wildman–Crippen MR) is 102 cm³/mol. The topological polar surface area (TPSA) is 83.1 Å². The van der Waals surface area contributed by atoms with Crippen molar-refractivity contribution in [3.8, 4) is 5.75 Å². The van der Waals surface area contributed by atoms with Crippen LogP contribution in [0.3, 0.4) is 0 Å². The molecule has 1 saturated heterocycles. The first-order chi connectivity index (χ1) is 13.1. The summed E-state index contributed by atoms with van der Waals surface area (Å²) in [7, 11) is 0. The van der Waals surface area contributed by atoms with Crippen LogP contribution in [-0.4, -0.2) is 52.4 Å². The van der Waals surface area contributed by atoms with Crippen LogP contribution in [0.15, 0.2) is 30.3 Å². The number of aromatic nitrogens is 3. The molecule has 2 amide bonds. The highest BCUT2D eigenvalue weighted by Gasteiger charge is 2.44. The highest BCUT2D eigenvalue weighted by atomic mass is 16.5. The summed E-state index contributed by atoms with van der Waals surface area (Å²) in [5.74, 6) is 2.74. The van der Waals surface area contributed by atoms with Gasteiger partial charge in [0.05, 0.1) is 6.61 Å². The molecule has 2 heterocycles. The predicted octanol–water partition coefficient (Wildman–Crippen LogP) is 2.86. The monoisotopic (exact) mass is 369 g/mol. The summed E-state index contributed by atoms with van der Waals surface area (Å²) in [4.78, 5) is 19.0. The second-order valence-electron chi connectivity index (χ2n) is 7.82. The molecule has 1 aromatic heterocycles. The van der Waals surface area contributed by atoms with Gasteiger partial charge in [0.2, 0.25) is 0 Å². The van der Waals surface area contributed by atoms with E-state index in [4.69, 9.17) is 4.74 Å². The molecular weight excluding hydrogens is 342 g/mol. The third-order valence-electron chi connectivity index (χ3n) is 5.55. The molecule has 2 N–H and O–H groups in total. The molecule has 0 unspecified atom stereocenters. The maximum absolute atomic E-state index is 12.7. The molecule has 144 valence electrons. The smallest absolute Gasteiger partial charge is 0.317 e. The number of ether oxygens (including phenoxy) is 1. The van der Waals surface area contributed by atoms with E-state index in [1.165, 1.54) is 0 Å². The van der Waals surface area contributed by atoms with Gasteiger partial charge >= 0.3 is 6.03 Å². The molecule has 27 heavy (non-hydrogen) atoms. The number of aryl methyl sites for hydroxylation is 1. The van der Waals surface area contributed by atoms with Crippen LogP contribution < -0.4 is 10.1 Å². The van der Waals surface area contributed by atoms with Crippen molar-refractivity contribution in [2.75, 3.05) is 26.2 Å². The van der Waals surface area contributed by atoms with Gasteiger partial charge in [-0.05, 0) is 44.7 Å². The summed E-state index contributed by atoms with van der Waals surface area (Å²) in [6.07, 6.45) is 4.20. The number of urea groups is 1. The van der Waals surface area contributed by atoms with Crippen LogP contribution in [0.5, 0.6) is 5.75 Å². The number of hydrogen-bond acceptors (Lipinski definition) is 4. The lowest BCUT2D eigenvalue weighted by Crippen LogP contribution is -2.47. The minimum atomic E-state index is 0.0120. The number of carbonyl (C=O) groups excluding carboxylic acids is 1. The van der Waals surface area contributed by atoms with Gasteiger partial charge in [-0.3, -0.25) is 5.10 Å². The van der Waals surface area contributed by atoms with Crippen molar-refractivity contribution in [1.82, 2.24) is 25.4 Å². The average molecular weight is 369 g/mol. The number of carbonyl (C=O) groups is 1. The van der Waals surface area contributed by atoms with Crippen molar-refractivity contribution in [3.63, 3.8) is 0 Å². The third kappa shape index (κ3) is 4.40. The number of rotatable bonds is 6. The molecule has 2 aliphatic rings. The van der Waals surface area contributed by atoms with Gasteiger partial charge in [-0.1, -0.05) is 18.2 Å². The lowest BCUT2D eigenvalue weighted by Gasteiger charge is -2.32. The summed E-state index contributed by atoms with van der Waals surface area (Å²) in [6.45, 7) is 4.68. The van der Waals surface area contributed by atoms with Gasteiger partial charge in [-0.15, -0.1) is 0 Å². The Kier molecular flexibility index (Phi) is 5.01. The van der Waals surface area contributed by atoms with E-state index in [1.54, 1.807) is 0 Å². The van der Waals surface area contributed by atoms with Crippen molar-refractivity contribution < 1.29 is 9.53 Å². The van der Waals surface area contributed by atoms with E-state index >= 15 is 0 Å². The van der Waals surface area contributed by atoms with E-state index < -0.39 is 0 Å². The second kappa shape index (κ2) is 7.58. The highest BCUT2D eigenvalue weighted by molar-refractivity contribution is 5.74. The largest absolute Gasteiger partial charge is 0.493 e. The number of aromatic amines is 1. The van der Waals surface area contributed by atoms with Crippen molar-refractivity contribution in [2.45, 2.75) is 38.5 Å². The van der Waals surface area contributed by atoms with Crippen LogP contribution in [0.25, 0.3) is 0 Å². The fraction of sp³-hybridized carbons (Fsp3) is 0.550. The standard InChI is InChI=1S/C20H27N5O2/c1-15-22-18(24-23-15)16-6-5-11-25(12-16)19(26)21-13-20(9-10-20)14-27-17-7-3-2-4-8-17/h2-4,7-8,16H,5-6,9-14H2,1H3,(H,21,26)(H,22,23,24)/t16-/m0/s1. The Bertz CT molecular complexity index is 772. The van der Waals surface area contributed by atoms with Crippen LogP contribution in [0.4, 0.5) is 4.79 Å². The van der Waals surface area contributed by atoms with Crippen LogP contribution >= 0.6 is 0 Å². The number of nitrogens with one attached hydrogen (secondary N) is 2. The van der Waals surface area contributed by atoms with Gasteiger partial charge < -0.3 is 15.0 Å². The van der Waals surface area contributed by atoms with E-state index in [9.17, 15) is 4.79 Å². The highest BCUT2D eigenvalue weighted by Crippen LogP contribution is 2.45. The number of amides is 2. The molecule has 0 spiro atoms. The molecule has 1 atom stereocenters. The normalized spacial score (nSPS) is 20.9. The van der Waals surface area contributed by atoms with Gasteiger partial charge in [0, 0.05) is 31.0 Å². The molecule has 7 heteroatoms. The van der Waals surface area contributed by atoms with E-state index in [-0.39, 0.29) is 17.4 Å². The van der Waals surface area contributed by atoms with Crippen LogP contribution in [0, 0.1) is 12.3 Å². The average Bonchev–Trinajstić information content (AvgIpc) is 3.36. The molecule has 7 nitrogen and oxygen atoms in total. The summed E-state index contributed by atoms with van der Waals surface area (Å²) < 4.78 is 5.90. The van der Waals surface area contributed by atoms with E-state index in [0.29, 0.717) is 19.7 Å². The Labute approximate surface area is 159 Å². The van der Waals surface area contributed by atoms with Gasteiger partial charge in [-0.2, -0.15) is 5.10 Å². The minimum Gasteiger partial charge on any atom is -0.493 e. The molecule has 1 aliphatic heterocycles. The third-order valence-corrected chi connectivity index (χ3v) is 5.55. The first-order valence-electron chi connectivity index (χ1n) is 9.73. The van der Waals surface area contributed by atoms with Crippen LogP contribution in [0.2, 0.25) is 0 Å². The van der Waals surface area contributed by atoms with E-state index in [1.807, 2.05) is 42.2 Å². The fourth-order valence-electron chi connectivity index (χ4n) is 3.59. The fourth-order valence-corrected chi connectivity index (χ4v) is 3.59. The zero-order valence-electron chi connectivity index (χ0n) is 15.8. The second-order valence-corrected chi connectivity index (χ2v) is 7.82. The van der Waals surface area contributed by atoms with Crippen molar-refractivity contribution in [3.05, 3.63) is 42.0 Å². The number of H-pyrrole nitrogens is 1. The van der Waals surface area contributed by atoms with Gasteiger partial charge in [-0.25, -0.2) is 9.78 Å². The van der Waals surface area contributed by atoms with Crippen molar-refractivity contribution >= 4 is 6.03 Å². The molecular formula is C20H27N5O2. The number of piperidine rings is 1. The number of para-hydroxylation sites is 1. The maximum atomic E-state index is 12.7. The maximum Gasteiger partial charge on any atom is 0.317 e. The zero-order valence-corrected chi connectivity index (χ0v) is 15.8. The van der Waals surface area contributed by atoms with Crippen molar-refractivity contribution in [2.24, 2.45) is 5.41 Å². The Hall–Kier alpha value is -2.57. The summed E-state index contributed by atoms with van der Waals surface area (Å²) in [5, 5.41) is 10.3. The number of hydrogen-bond donors (Lipinski definition) is 2. The first kappa shape index (κ1) is 17.8. The molecule has 0 radical (unpaired) electrons. The quantitative estimate of drug-likeness (QED) is 0.820. The minimum absolute atomic E-state index is 0.0120. The molecule has 1 saturated carbocycles. The van der Waals surface area contributed by atoms with E-state index in [2.05, 4.69) is 20.5 Å². The molecule has 0 bridgehead atoms. The summed E-state index contributed by atoms with van der Waals surface area (Å²) >= 11 is 0. The van der Waals surface area contributed by atoms with E-state index in [0.717, 1.165) is 49.6 Å².